The minimum Gasteiger partial charge on any atom is -0.489 e. The highest BCUT2D eigenvalue weighted by atomic mass is 19.4. The lowest BCUT2D eigenvalue weighted by molar-refractivity contribution is -0.274. The zero-order valence-corrected chi connectivity index (χ0v) is 20.1. The lowest BCUT2D eigenvalue weighted by Gasteiger charge is -2.39. The third kappa shape index (κ3) is 6.13. The van der Waals surface area contributed by atoms with Crippen molar-refractivity contribution in [2.75, 3.05) is 36.4 Å². The molecule has 0 spiro atoms. The van der Waals surface area contributed by atoms with Gasteiger partial charge in [0.25, 0.3) is 5.91 Å². The van der Waals surface area contributed by atoms with Gasteiger partial charge in [0.2, 0.25) is 5.91 Å². The molecule has 3 aromatic rings. The molecule has 1 aromatic heterocycles. The van der Waals surface area contributed by atoms with Crippen LogP contribution in [0.5, 0.6) is 11.5 Å². The molecule has 1 N–H and O–H groups in total. The number of nitrogens with one attached hydrogen (secondary N) is 1. The second-order valence-electron chi connectivity index (χ2n) is 9.07. The van der Waals surface area contributed by atoms with Crippen molar-refractivity contribution in [3.05, 3.63) is 72.6 Å². The van der Waals surface area contributed by atoms with E-state index in [4.69, 9.17) is 4.74 Å². The number of alkyl halides is 3. The number of carbonyl (C=O) groups is 2. The molecule has 2 aromatic carbocycles. The standard InChI is InChI=1S/C26H24F3N5O4/c27-26(28,29)38-22-5-1-17(2-6-22)25(36)33-12-10-23(16-33)37-21-7-3-19(4-8-21)32-24(35)18-14-34(15-18)20-9-11-30-31-13-20/h1-9,11,13,18,23H,10,12,14-16H2,(H,32,35). The van der Waals surface area contributed by atoms with Crippen LogP contribution >= 0.6 is 0 Å². The number of halogens is 3. The van der Waals surface area contributed by atoms with Gasteiger partial charge in [0.15, 0.2) is 0 Å². The maximum absolute atomic E-state index is 12.7. The first-order valence-electron chi connectivity index (χ1n) is 12.0. The van der Waals surface area contributed by atoms with E-state index in [1.54, 1.807) is 41.6 Å². The Balaban J connectivity index is 1.07. The van der Waals surface area contributed by atoms with Crippen LogP contribution in [0.15, 0.2) is 67.0 Å². The molecular weight excluding hydrogens is 503 g/mol. The zero-order chi connectivity index (χ0) is 26.7. The average Bonchev–Trinajstić information content (AvgIpc) is 3.32. The zero-order valence-electron chi connectivity index (χ0n) is 20.1. The van der Waals surface area contributed by atoms with Crippen LogP contribution in [-0.2, 0) is 4.79 Å². The van der Waals surface area contributed by atoms with Crippen molar-refractivity contribution in [2.24, 2.45) is 5.92 Å². The first-order chi connectivity index (χ1) is 18.2. The molecule has 2 aliphatic heterocycles. The minimum absolute atomic E-state index is 0.0557. The smallest absolute Gasteiger partial charge is 0.489 e. The highest BCUT2D eigenvalue weighted by molar-refractivity contribution is 5.95. The number of hydrogen-bond donors (Lipinski definition) is 1. The highest BCUT2D eigenvalue weighted by Gasteiger charge is 2.33. The van der Waals surface area contributed by atoms with E-state index in [0.717, 1.165) is 17.8 Å². The number of benzene rings is 2. The van der Waals surface area contributed by atoms with Crippen LogP contribution < -0.4 is 19.7 Å². The van der Waals surface area contributed by atoms with Crippen molar-refractivity contribution in [3.63, 3.8) is 0 Å². The summed E-state index contributed by atoms with van der Waals surface area (Å²) in [5, 5.41) is 10.5. The van der Waals surface area contributed by atoms with Crippen LogP contribution in [-0.4, -0.2) is 65.6 Å². The summed E-state index contributed by atoms with van der Waals surface area (Å²) in [6, 6.07) is 13.7. The number of anilines is 2. The summed E-state index contributed by atoms with van der Waals surface area (Å²) in [5.41, 5.74) is 1.87. The number of carbonyl (C=O) groups excluding carboxylic acids is 2. The Labute approximate surface area is 216 Å². The van der Waals surface area contributed by atoms with Gasteiger partial charge in [-0.25, -0.2) is 0 Å². The molecule has 0 aliphatic carbocycles. The fourth-order valence-electron chi connectivity index (χ4n) is 4.37. The molecule has 3 heterocycles. The average molecular weight is 528 g/mol. The summed E-state index contributed by atoms with van der Waals surface area (Å²) in [6.07, 6.45) is -1.11. The van der Waals surface area contributed by atoms with Gasteiger partial charge in [-0.3, -0.25) is 9.59 Å². The fraction of sp³-hybridized carbons (Fsp3) is 0.308. The minimum atomic E-state index is -4.79. The molecule has 1 atom stereocenters. The number of amides is 2. The van der Waals surface area contributed by atoms with Gasteiger partial charge >= 0.3 is 6.36 Å². The Kier molecular flexibility index (Phi) is 7.03. The maximum atomic E-state index is 12.7. The van der Waals surface area contributed by atoms with Gasteiger partial charge in [0.05, 0.1) is 30.5 Å². The summed E-state index contributed by atoms with van der Waals surface area (Å²) in [6.45, 7) is 2.04. The molecular formula is C26H24F3N5O4. The second-order valence-corrected chi connectivity index (χ2v) is 9.07. The highest BCUT2D eigenvalue weighted by Crippen LogP contribution is 2.27. The molecule has 2 aliphatic rings. The number of rotatable bonds is 7. The van der Waals surface area contributed by atoms with Crippen molar-refractivity contribution < 1.29 is 32.2 Å². The van der Waals surface area contributed by atoms with Gasteiger partial charge in [-0.15, -0.1) is 13.2 Å². The number of likely N-dealkylation sites (tertiary alicyclic amines) is 1. The Bertz CT molecular complexity index is 1270. The van der Waals surface area contributed by atoms with Crippen LogP contribution in [0.25, 0.3) is 0 Å². The predicted molar refractivity (Wildman–Crippen MR) is 131 cm³/mol. The molecule has 9 nitrogen and oxygen atoms in total. The van der Waals surface area contributed by atoms with Crippen molar-refractivity contribution >= 4 is 23.2 Å². The van der Waals surface area contributed by atoms with Crippen LogP contribution in [0.1, 0.15) is 16.8 Å². The molecule has 0 radical (unpaired) electrons. The number of aromatic nitrogens is 2. The maximum Gasteiger partial charge on any atom is 0.573 e. The number of nitrogens with zero attached hydrogens (tertiary/aromatic N) is 4. The van der Waals surface area contributed by atoms with Gasteiger partial charge < -0.3 is 24.6 Å². The van der Waals surface area contributed by atoms with Crippen molar-refractivity contribution in [1.29, 1.82) is 0 Å². The van der Waals surface area contributed by atoms with Gasteiger partial charge in [-0.05, 0) is 54.6 Å². The van der Waals surface area contributed by atoms with Gasteiger partial charge in [-0.2, -0.15) is 10.2 Å². The second kappa shape index (κ2) is 10.6. The first-order valence-corrected chi connectivity index (χ1v) is 12.0. The Morgan fingerprint density at radius 3 is 2.29 bits per heavy atom. The lowest BCUT2D eigenvalue weighted by Crippen LogP contribution is -2.52. The SMILES string of the molecule is O=C(Nc1ccc(OC2CCN(C(=O)c3ccc(OC(F)(F)F)cc3)C2)cc1)C1CN(c2ccnnc2)C1. The van der Waals surface area contributed by atoms with Crippen LogP contribution in [0, 0.1) is 5.92 Å². The molecule has 0 bridgehead atoms. The quantitative estimate of drug-likeness (QED) is 0.500. The summed E-state index contributed by atoms with van der Waals surface area (Å²) >= 11 is 0. The Morgan fingerprint density at radius 1 is 0.921 bits per heavy atom. The van der Waals surface area contributed by atoms with E-state index < -0.39 is 6.36 Å². The normalized spacial score (nSPS) is 17.6. The molecule has 198 valence electrons. The molecule has 0 saturated carbocycles. The Hall–Kier alpha value is -4.35. The summed E-state index contributed by atoms with van der Waals surface area (Å²) in [7, 11) is 0. The third-order valence-electron chi connectivity index (χ3n) is 6.38. The topological polar surface area (TPSA) is 96.9 Å². The van der Waals surface area contributed by atoms with E-state index in [1.807, 2.05) is 6.07 Å². The van der Waals surface area contributed by atoms with Crippen molar-refractivity contribution in [3.8, 4) is 11.5 Å². The Morgan fingerprint density at radius 2 is 1.63 bits per heavy atom. The first kappa shape index (κ1) is 25.3. The monoisotopic (exact) mass is 527 g/mol. The molecule has 5 rings (SSSR count). The van der Waals surface area contributed by atoms with Gasteiger partial charge in [0.1, 0.15) is 17.6 Å². The van der Waals surface area contributed by atoms with Crippen molar-refractivity contribution in [1.82, 2.24) is 15.1 Å². The third-order valence-corrected chi connectivity index (χ3v) is 6.38. The van der Waals surface area contributed by atoms with Crippen LogP contribution in [0.2, 0.25) is 0 Å². The van der Waals surface area contributed by atoms with E-state index in [9.17, 15) is 22.8 Å². The van der Waals surface area contributed by atoms with Gasteiger partial charge in [-0.1, -0.05) is 0 Å². The number of hydrogen-bond acceptors (Lipinski definition) is 7. The van der Waals surface area contributed by atoms with E-state index in [2.05, 4.69) is 25.2 Å². The molecule has 12 heteroatoms. The summed E-state index contributed by atoms with van der Waals surface area (Å²) < 4.78 is 46.8. The molecule has 2 fully saturated rings. The number of ether oxygens (including phenoxy) is 2. The van der Waals surface area contributed by atoms with E-state index in [-0.39, 0.29) is 35.1 Å². The summed E-state index contributed by atoms with van der Waals surface area (Å²) in [5.74, 6) is -0.235. The fourth-order valence-corrected chi connectivity index (χ4v) is 4.37. The lowest BCUT2D eigenvalue weighted by atomic mass is 9.98. The molecule has 2 amide bonds. The van der Waals surface area contributed by atoms with Gasteiger partial charge in [0, 0.05) is 37.3 Å². The van der Waals surface area contributed by atoms with Crippen LogP contribution in [0.4, 0.5) is 24.5 Å². The van der Waals surface area contributed by atoms with E-state index >= 15 is 0 Å². The predicted octanol–water partition coefficient (Wildman–Crippen LogP) is 3.74. The molecule has 38 heavy (non-hydrogen) atoms. The molecule has 2 saturated heterocycles. The largest absolute Gasteiger partial charge is 0.573 e. The van der Waals surface area contributed by atoms with E-state index in [0.29, 0.717) is 44.0 Å². The summed E-state index contributed by atoms with van der Waals surface area (Å²) in [4.78, 5) is 28.9. The van der Waals surface area contributed by atoms with Crippen molar-refractivity contribution in [2.45, 2.75) is 18.9 Å². The van der Waals surface area contributed by atoms with E-state index in [1.165, 1.54) is 12.1 Å². The van der Waals surface area contributed by atoms with Crippen LogP contribution in [0.3, 0.4) is 0 Å². The molecule has 1 unspecified atom stereocenters.